The Hall–Kier alpha value is -0.875. The van der Waals surface area contributed by atoms with Crippen LogP contribution in [0.5, 0.6) is 0 Å². The Balaban J connectivity index is 1.90. The van der Waals surface area contributed by atoms with Gasteiger partial charge in [-0.1, -0.05) is 24.3 Å². The molecule has 0 unspecified atom stereocenters. The second kappa shape index (κ2) is 5.45. The van der Waals surface area contributed by atoms with Crippen LogP contribution in [0.2, 0.25) is 0 Å². The van der Waals surface area contributed by atoms with Gasteiger partial charge in [-0.25, -0.2) is 0 Å². The van der Waals surface area contributed by atoms with E-state index in [0.29, 0.717) is 18.7 Å². The Labute approximate surface area is 95.0 Å². The Morgan fingerprint density at radius 1 is 1.44 bits per heavy atom. The molecule has 0 bridgehead atoms. The zero-order valence-electron chi connectivity index (χ0n) is 9.00. The summed E-state index contributed by atoms with van der Waals surface area (Å²) in [6.07, 6.45) is 1.10. The molecule has 1 heterocycles. The van der Waals surface area contributed by atoms with E-state index >= 15 is 0 Å². The molecule has 1 aromatic rings. The van der Waals surface area contributed by atoms with Crippen LogP contribution in [-0.2, 0) is 16.1 Å². The van der Waals surface area contributed by atoms with Gasteiger partial charge in [-0.15, -0.1) is 0 Å². The van der Waals surface area contributed by atoms with Crippen molar-refractivity contribution in [3.05, 3.63) is 29.8 Å². The summed E-state index contributed by atoms with van der Waals surface area (Å²) in [6.45, 7) is 1.90. The molecule has 86 valence electrons. The molecule has 1 aliphatic rings. The standard InChI is InChI=1S/C11H15BO4/c13-12(14)10-3-1-2-9(6-10)7-16-11-4-5-15-8-11/h1-3,6,11,13-14H,4-5,7-8H2/t11-/m1/s1. The van der Waals surface area contributed by atoms with E-state index in [4.69, 9.17) is 19.5 Å². The summed E-state index contributed by atoms with van der Waals surface area (Å²) in [5.74, 6) is 0. The van der Waals surface area contributed by atoms with Crippen LogP contribution >= 0.6 is 0 Å². The van der Waals surface area contributed by atoms with Gasteiger partial charge in [-0.2, -0.15) is 0 Å². The van der Waals surface area contributed by atoms with Gasteiger partial charge in [0.05, 0.1) is 19.3 Å². The van der Waals surface area contributed by atoms with Crippen LogP contribution in [0.3, 0.4) is 0 Å². The van der Waals surface area contributed by atoms with E-state index in [0.717, 1.165) is 18.6 Å². The van der Waals surface area contributed by atoms with Gasteiger partial charge in [0.2, 0.25) is 0 Å². The number of hydrogen-bond donors (Lipinski definition) is 2. The maximum atomic E-state index is 9.02. The van der Waals surface area contributed by atoms with E-state index in [9.17, 15) is 0 Å². The lowest BCUT2D eigenvalue weighted by atomic mass is 9.80. The number of ether oxygens (including phenoxy) is 2. The largest absolute Gasteiger partial charge is 0.488 e. The fourth-order valence-corrected chi connectivity index (χ4v) is 1.70. The van der Waals surface area contributed by atoms with Gasteiger partial charge < -0.3 is 19.5 Å². The molecule has 5 heteroatoms. The third kappa shape index (κ3) is 3.06. The molecular weight excluding hydrogens is 207 g/mol. The number of rotatable bonds is 4. The molecule has 4 nitrogen and oxygen atoms in total. The SMILES string of the molecule is OB(O)c1cccc(CO[C@@H]2CCOC2)c1. The van der Waals surface area contributed by atoms with E-state index in [1.165, 1.54) is 0 Å². The maximum Gasteiger partial charge on any atom is 0.488 e. The van der Waals surface area contributed by atoms with Gasteiger partial charge in [0, 0.05) is 6.61 Å². The predicted molar refractivity (Wildman–Crippen MR) is 60.3 cm³/mol. The first-order valence-corrected chi connectivity index (χ1v) is 5.40. The van der Waals surface area contributed by atoms with Gasteiger partial charge in [-0.05, 0) is 17.4 Å². The molecule has 1 atom stereocenters. The Bertz CT molecular complexity index is 337. The summed E-state index contributed by atoms with van der Waals surface area (Å²) in [4.78, 5) is 0. The lowest BCUT2D eigenvalue weighted by molar-refractivity contribution is 0.0318. The van der Waals surface area contributed by atoms with Crippen molar-refractivity contribution in [3.63, 3.8) is 0 Å². The summed E-state index contributed by atoms with van der Waals surface area (Å²) in [5.41, 5.74) is 1.43. The van der Waals surface area contributed by atoms with Crippen LogP contribution in [0.1, 0.15) is 12.0 Å². The second-order valence-corrected chi connectivity index (χ2v) is 3.92. The minimum Gasteiger partial charge on any atom is -0.423 e. The lowest BCUT2D eigenvalue weighted by Crippen LogP contribution is -2.30. The fourth-order valence-electron chi connectivity index (χ4n) is 1.70. The minimum absolute atomic E-state index is 0.169. The molecule has 0 saturated carbocycles. The molecule has 2 N–H and O–H groups in total. The summed E-state index contributed by atoms with van der Waals surface area (Å²) in [7, 11) is -1.42. The zero-order valence-corrected chi connectivity index (χ0v) is 9.00. The van der Waals surface area contributed by atoms with Gasteiger partial charge >= 0.3 is 7.12 Å². The smallest absolute Gasteiger partial charge is 0.423 e. The first-order valence-electron chi connectivity index (χ1n) is 5.40. The highest BCUT2D eigenvalue weighted by Crippen LogP contribution is 2.10. The average Bonchev–Trinajstić information content (AvgIpc) is 2.79. The molecule has 1 aromatic carbocycles. The number of hydrogen-bond acceptors (Lipinski definition) is 4. The molecule has 0 aromatic heterocycles. The van der Waals surface area contributed by atoms with Crippen LogP contribution in [0.4, 0.5) is 0 Å². The van der Waals surface area contributed by atoms with Crippen molar-refractivity contribution in [2.24, 2.45) is 0 Å². The summed E-state index contributed by atoms with van der Waals surface area (Å²) < 4.78 is 10.8. The molecule has 0 aliphatic carbocycles. The van der Waals surface area contributed by atoms with Crippen molar-refractivity contribution < 1.29 is 19.5 Å². The van der Waals surface area contributed by atoms with Crippen LogP contribution < -0.4 is 5.46 Å². The third-order valence-corrected chi connectivity index (χ3v) is 2.62. The van der Waals surface area contributed by atoms with Crippen molar-refractivity contribution in [3.8, 4) is 0 Å². The van der Waals surface area contributed by atoms with Gasteiger partial charge in [0.15, 0.2) is 0 Å². The van der Waals surface area contributed by atoms with Crippen molar-refractivity contribution in [2.75, 3.05) is 13.2 Å². The highest BCUT2D eigenvalue weighted by molar-refractivity contribution is 6.58. The quantitative estimate of drug-likeness (QED) is 0.685. The summed E-state index contributed by atoms with van der Waals surface area (Å²) in [5, 5.41) is 18.0. The first-order chi connectivity index (χ1) is 7.75. The highest BCUT2D eigenvalue weighted by atomic mass is 16.5. The van der Waals surface area contributed by atoms with Crippen LogP contribution in [0.25, 0.3) is 0 Å². The molecule has 0 amide bonds. The van der Waals surface area contributed by atoms with Gasteiger partial charge in [-0.3, -0.25) is 0 Å². The average molecular weight is 222 g/mol. The fraction of sp³-hybridized carbons (Fsp3) is 0.455. The van der Waals surface area contributed by atoms with Crippen molar-refractivity contribution >= 4 is 12.6 Å². The normalized spacial score (nSPS) is 20.0. The molecule has 0 spiro atoms. The van der Waals surface area contributed by atoms with E-state index in [1.54, 1.807) is 18.2 Å². The van der Waals surface area contributed by atoms with E-state index in [2.05, 4.69) is 0 Å². The Morgan fingerprint density at radius 2 is 2.31 bits per heavy atom. The molecule has 16 heavy (non-hydrogen) atoms. The molecule has 1 saturated heterocycles. The first kappa shape index (κ1) is 11.6. The lowest BCUT2D eigenvalue weighted by Gasteiger charge is -2.10. The predicted octanol–water partition coefficient (Wildman–Crippen LogP) is -0.328. The second-order valence-electron chi connectivity index (χ2n) is 3.92. The molecular formula is C11H15BO4. The van der Waals surface area contributed by atoms with Crippen LogP contribution in [0, 0.1) is 0 Å². The maximum absolute atomic E-state index is 9.02. The molecule has 1 aliphatic heterocycles. The minimum atomic E-state index is -1.42. The van der Waals surface area contributed by atoms with E-state index in [-0.39, 0.29) is 6.10 Å². The topological polar surface area (TPSA) is 58.9 Å². The number of benzene rings is 1. The monoisotopic (exact) mass is 222 g/mol. The third-order valence-electron chi connectivity index (χ3n) is 2.62. The van der Waals surface area contributed by atoms with E-state index < -0.39 is 7.12 Å². The Morgan fingerprint density at radius 3 is 3.00 bits per heavy atom. The van der Waals surface area contributed by atoms with Crippen molar-refractivity contribution in [1.82, 2.24) is 0 Å². The molecule has 2 rings (SSSR count). The van der Waals surface area contributed by atoms with Gasteiger partial charge in [0.25, 0.3) is 0 Å². The molecule has 0 radical (unpaired) electrons. The van der Waals surface area contributed by atoms with Crippen molar-refractivity contribution in [1.29, 1.82) is 0 Å². The molecule has 1 fully saturated rings. The summed E-state index contributed by atoms with van der Waals surface area (Å²) >= 11 is 0. The van der Waals surface area contributed by atoms with Crippen molar-refractivity contribution in [2.45, 2.75) is 19.1 Å². The zero-order chi connectivity index (χ0) is 11.4. The van der Waals surface area contributed by atoms with E-state index in [1.807, 2.05) is 6.07 Å². The van der Waals surface area contributed by atoms with Crippen LogP contribution in [0.15, 0.2) is 24.3 Å². The highest BCUT2D eigenvalue weighted by Gasteiger charge is 2.16. The van der Waals surface area contributed by atoms with Gasteiger partial charge in [0.1, 0.15) is 0 Å². The Kier molecular flexibility index (Phi) is 3.95. The van der Waals surface area contributed by atoms with Crippen LogP contribution in [-0.4, -0.2) is 36.5 Å². The summed E-state index contributed by atoms with van der Waals surface area (Å²) in [6, 6.07) is 7.10.